The van der Waals surface area contributed by atoms with Crippen LogP contribution in [0.2, 0.25) is 0 Å². The van der Waals surface area contributed by atoms with Crippen molar-refractivity contribution in [2.75, 3.05) is 23.8 Å². The lowest BCUT2D eigenvalue weighted by molar-refractivity contribution is -0.142. The summed E-state index contributed by atoms with van der Waals surface area (Å²) in [6.45, 7) is 0.503. The van der Waals surface area contributed by atoms with Gasteiger partial charge in [0.2, 0.25) is 5.91 Å². The standard InChI is InChI=1S/C25H28FN3O5/c26-15-3-5-16(6-4-15)28-25(32)29-17-7-8-21-19(9-17)20-10-18(33-22(13-30)24(20)34-21)11-23(31)27-12-14-1-2-14/h3-9,14,18,20,22,24,30H,1-2,10-13H2,(H,27,31)(H2,28,29,32)/t18-,20+,22+,24-/m0/s1. The molecule has 4 N–H and O–H groups in total. The van der Waals surface area contributed by atoms with Crippen molar-refractivity contribution < 1.29 is 28.6 Å². The average molecular weight is 470 g/mol. The zero-order valence-electron chi connectivity index (χ0n) is 18.6. The lowest BCUT2D eigenvalue weighted by Gasteiger charge is -2.37. The van der Waals surface area contributed by atoms with Crippen LogP contribution in [-0.2, 0) is 9.53 Å². The van der Waals surface area contributed by atoms with Crippen molar-refractivity contribution in [3.63, 3.8) is 0 Å². The number of ether oxygens (including phenoxy) is 2. The van der Waals surface area contributed by atoms with Crippen LogP contribution in [0.15, 0.2) is 42.5 Å². The molecule has 5 rings (SSSR count). The van der Waals surface area contributed by atoms with Crippen molar-refractivity contribution in [1.29, 1.82) is 0 Å². The molecule has 8 nitrogen and oxygen atoms in total. The minimum Gasteiger partial charge on any atom is -0.487 e. The predicted octanol–water partition coefficient (Wildman–Crippen LogP) is 3.38. The number of aliphatic hydroxyl groups excluding tert-OH is 1. The Labute approximate surface area is 196 Å². The van der Waals surface area contributed by atoms with Gasteiger partial charge in [0.05, 0.1) is 19.1 Å². The minimum atomic E-state index is -0.537. The molecule has 0 spiro atoms. The van der Waals surface area contributed by atoms with Crippen molar-refractivity contribution in [2.24, 2.45) is 5.92 Å². The fourth-order valence-electron chi connectivity index (χ4n) is 4.65. The van der Waals surface area contributed by atoms with Gasteiger partial charge in [-0.3, -0.25) is 4.79 Å². The van der Waals surface area contributed by atoms with E-state index in [4.69, 9.17) is 9.47 Å². The molecule has 3 aliphatic rings. The van der Waals surface area contributed by atoms with Crippen LogP contribution in [0.4, 0.5) is 20.6 Å². The summed E-state index contributed by atoms with van der Waals surface area (Å²) in [4.78, 5) is 24.8. The van der Waals surface area contributed by atoms with E-state index in [2.05, 4.69) is 16.0 Å². The Morgan fingerprint density at radius 2 is 1.79 bits per heavy atom. The van der Waals surface area contributed by atoms with E-state index in [9.17, 15) is 19.1 Å². The molecular weight excluding hydrogens is 441 g/mol. The van der Waals surface area contributed by atoms with E-state index in [1.165, 1.54) is 37.1 Å². The van der Waals surface area contributed by atoms with Crippen LogP contribution in [0, 0.1) is 11.7 Å². The molecule has 9 heteroatoms. The number of carbonyl (C=O) groups is 2. The van der Waals surface area contributed by atoms with Crippen molar-refractivity contribution >= 4 is 23.3 Å². The third-order valence-corrected chi connectivity index (χ3v) is 6.56. The quantitative estimate of drug-likeness (QED) is 0.497. The molecular formula is C25H28FN3O5. The number of halogens is 1. The lowest BCUT2D eigenvalue weighted by atomic mass is 9.84. The van der Waals surface area contributed by atoms with Crippen molar-refractivity contribution in [1.82, 2.24) is 5.32 Å². The van der Waals surface area contributed by atoms with Gasteiger partial charge in [0, 0.05) is 29.4 Å². The van der Waals surface area contributed by atoms with Crippen molar-refractivity contribution in [2.45, 2.75) is 49.9 Å². The SMILES string of the molecule is O=C(C[C@@H]1C[C@@H]2c3cc(NC(=O)Nc4ccc(F)cc4)ccc3O[C@@H]2[C@@H](CO)O1)NCC1CC1. The summed E-state index contributed by atoms with van der Waals surface area (Å²) in [6.07, 6.45) is 1.94. The molecule has 1 saturated heterocycles. The summed E-state index contributed by atoms with van der Waals surface area (Å²) in [6, 6.07) is 10.4. The first kappa shape index (κ1) is 22.6. The van der Waals surface area contributed by atoms with Crippen molar-refractivity contribution in [3.8, 4) is 5.75 Å². The highest BCUT2D eigenvalue weighted by Gasteiger charge is 2.46. The van der Waals surface area contributed by atoms with E-state index in [0.29, 0.717) is 36.0 Å². The van der Waals surface area contributed by atoms with Crippen LogP contribution >= 0.6 is 0 Å². The van der Waals surface area contributed by atoms with Gasteiger partial charge in [0.15, 0.2) is 0 Å². The number of urea groups is 1. The van der Waals surface area contributed by atoms with Crippen LogP contribution in [0.5, 0.6) is 5.75 Å². The fourth-order valence-corrected chi connectivity index (χ4v) is 4.65. The molecule has 3 amide bonds. The Morgan fingerprint density at radius 1 is 1.06 bits per heavy atom. The van der Waals surface area contributed by atoms with Gasteiger partial charge >= 0.3 is 6.03 Å². The molecule has 2 aromatic carbocycles. The van der Waals surface area contributed by atoms with E-state index in [1.54, 1.807) is 12.1 Å². The van der Waals surface area contributed by atoms with Gasteiger partial charge < -0.3 is 30.5 Å². The van der Waals surface area contributed by atoms with Crippen LogP contribution in [0.3, 0.4) is 0 Å². The number of fused-ring (bicyclic) bond motifs is 3. The predicted molar refractivity (Wildman–Crippen MR) is 123 cm³/mol. The van der Waals surface area contributed by atoms with Gasteiger partial charge in [-0.05, 0) is 67.6 Å². The first-order chi connectivity index (χ1) is 16.5. The van der Waals surface area contributed by atoms with Gasteiger partial charge in [-0.2, -0.15) is 0 Å². The number of hydrogen-bond donors (Lipinski definition) is 4. The highest BCUT2D eigenvalue weighted by Crippen LogP contribution is 2.47. The zero-order chi connectivity index (χ0) is 23.7. The molecule has 4 atom stereocenters. The third kappa shape index (κ3) is 5.15. The van der Waals surface area contributed by atoms with Crippen molar-refractivity contribution in [3.05, 3.63) is 53.8 Å². The molecule has 0 aromatic heterocycles. The molecule has 1 aliphatic carbocycles. The summed E-state index contributed by atoms with van der Waals surface area (Å²) in [5.41, 5.74) is 1.96. The summed E-state index contributed by atoms with van der Waals surface area (Å²) >= 11 is 0. The maximum Gasteiger partial charge on any atom is 0.323 e. The molecule has 2 fully saturated rings. The van der Waals surface area contributed by atoms with E-state index < -0.39 is 12.1 Å². The molecule has 1 saturated carbocycles. The number of benzene rings is 2. The van der Waals surface area contributed by atoms with Crippen LogP contribution < -0.4 is 20.7 Å². The Kier molecular flexibility index (Phi) is 6.38. The molecule has 0 bridgehead atoms. The molecule has 2 aliphatic heterocycles. The van der Waals surface area contributed by atoms with Gasteiger partial charge in [0.1, 0.15) is 23.8 Å². The second-order valence-electron chi connectivity index (χ2n) is 9.19. The molecule has 2 heterocycles. The Hall–Kier alpha value is -3.17. The summed E-state index contributed by atoms with van der Waals surface area (Å²) in [7, 11) is 0. The first-order valence-corrected chi connectivity index (χ1v) is 11.7. The molecule has 0 radical (unpaired) electrons. The van der Waals surface area contributed by atoms with E-state index in [0.717, 1.165) is 5.56 Å². The van der Waals surface area contributed by atoms with E-state index >= 15 is 0 Å². The number of nitrogens with one attached hydrogen (secondary N) is 3. The largest absolute Gasteiger partial charge is 0.487 e. The van der Waals surface area contributed by atoms with Gasteiger partial charge in [-0.25, -0.2) is 9.18 Å². The Morgan fingerprint density at radius 3 is 2.53 bits per heavy atom. The number of rotatable bonds is 7. The molecule has 0 unspecified atom stereocenters. The summed E-state index contributed by atoms with van der Waals surface area (Å²) < 4.78 is 25.1. The average Bonchev–Trinajstić information content (AvgIpc) is 3.59. The Balaban J connectivity index is 1.25. The topological polar surface area (TPSA) is 109 Å². The number of amides is 3. The van der Waals surface area contributed by atoms with E-state index in [-0.39, 0.29) is 42.9 Å². The molecule has 180 valence electrons. The van der Waals surface area contributed by atoms with E-state index in [1.807, 2.05) is 6.07 Å². The van der Waals surface area contributed by atoms with Gasteiger partial charge in [-0.15, -0.1) is 0 Å². The minimum absolute atomic E-state index is 0.0425. The van der Waals surface area contributed by atoms with Crippen LogP contribution in [0.25, 0.3) is 0 Å². The number of hydrogen-bond acceptors (Lipinski definition) is 5. The maximum absolute atomic E-state index is 13.1. The fraction of sp³-hybridized carbons (Fsp3) is 0.440. The Bertz CT molecular complexity index is 1060. The zero-order valence-corrected chi connectivity index (χ0v) is 18.6. The number of carbonyl (C=O) groups excluding carboxylic acids is 2. The lowest BCUT2D eigenvalue weighted by Crippen LogP contribution is -2.47. The highest BCUT2D eigenvalue weighted by atomic mass is 19.1. The number of aliphatic hydroxyl groups is 1. The monoisotopic (exact) mass is 469 g/mol. The summed E-state index contributed by atoms with van der Waals surface area (Å²) in [5, 5.41) is 18.3. The maximum atomic E-state index is 13.1. The number of anilines is 2. The second kappa shape index (κ2) is 9.60. The summed E-state index contributed by atoms with van der Waals surface area (Å²) in [5.74, 6) is 0.797. The van der Waals surface area contributed by atoms with Crippen LogP contribution in [-0.4, -0.2) is 48.5 Å². The normalized spacial score (nSPS) is 25.0. The second-order valence-corrected chi connectivity index (χ2v) is 9.19. The first-order valence-electron chi connectivity index (χ1n) is 11.7. The molecule has 34 heavy (non-hydrogen) atoms. The van der Waals surface area contributed by atoms with Gasteiger partial charge in [-0.1, -0.05) is 0 Å². The smallest absolute Gasteiger partial charge is 0.323 e. The van der Waals surface area contributed by atoms with Gasteiger partial charge in [0.25, 0.3) is 0 Å². The third-order valence-electron chi connectivity index (χ3n) is 6.56. The molecule has 2 aromatic rings. The highest BCUT2D eigenvalue weighted by molar-refractivity contribution is 5.99. The van der Waals surface area contributed by atoms with Crippen LogP contribution in [0.1, 0.15) is 37.2 Å².